The first kappa shape index (κ1) is 24.5. The number of benzene rings is 6. The van der Waals surface area contributed by atoms with E-state index in [1.807, 2.05) is 72.8 Å². The molecular weight excluding hydrogens is 540 g/mol. The number of nitrogens with zero attached hydrogens (tertiary/aromatic N) is 4. The van der Waals surface area contributed by atoms with Gasteiger partial charge in [0.25, 0.3) is 0 Å². The molecule has 8 aromatic rings. The van der Waals surface area contributed by atoms with E-state index in [4.69, 9.17) is 19.7 Å². The van der Waals surface area contributed by atoms with Crippen LogP contribution in [0.15, 0.2) is 146 Å². The largest absolute Gasteiger partial charge is 0.456 e. The lowest BCUT2D eigenvalue weighted by molar-refractivity contribution is 0.488. The number of para-hydroxylation sites is 2. The van der Waals surface area contributed by atoms with Crippen molar-refractivity contribution in [1.29, 1.82) is 0 Å². The molecule has 206 valence electrons. The summed E-state index contributed by atoms with van der Waals surface area (Å²) < 4.78 is 8.84. The summed E-state index contributed by atoms with van der Waals surface area (Å²) in [4.78, 5) is 15.1. The molecule has 0 bridgehead atoms. The van der Waals surface area contributed by atoms with Gasteiger partial charge in [0.1, 0.15) is 11.5 Å². The monoisotopic (exact) mass is 564 g/mol. The smallest absolute Gasteiger partial charge is 0.238 e. The summed E-state index contributed by atoms with van der Waals surface area (Å²) in [6.45, 7) is 0. The zero-order chi connectivity index (χ0) is 29.0. The van der Waals surface area contributed by atoms with Gasteiger partial charge in [-0.25, -0.2) is 4.98 Å². The minimum absolute atomic E-state index is 0.554. The summed E-state index contributed by atoms with van der Waals surface area (Å²) in [5.74, 6) is 3.42. The van der Waals surface area contributed by atoms with Gasteiger partial charge in [-0.2, -0.15) is 9.97 Å². The molecule has 0 atom stereocenters. The molecule has 0 N–H and O–H groups in total. The second-order valence-electron chi connectivity index (χ2n) is 10.9. The van der Waals surface area contributed by atoms with Crippen LogP contribution in [0.4, 0.5) is 0 Å². The van der Waals surface area contributed by atoms with Crippen molar-refractivity contribution in [2.24, 2.45) is 0 Å². The lowest BCUT2D eigenvalue weighted by atomic mass is 9.94. The molecule has 0 saturated carbocycles. The van der Waals surface area contributed by atoms with Gasteiger partial charge in [-0.3, -0.25) is 4.57 Å². The van der Waals surface area contributed by atoms with Gasteiger partial charge in [-0.05, 0) is 29.3 Å². The maximum absolute atomic E-state index is 6.70. The Morgan fingerprint density at radius 3 is 1.68 bits per heavy atom. The SMILES string of the molecule is c1ccc(-c2nc(-c3ccccc3)nc(-n3c4ccccc4c4cc5c(cc43)Oc3ccccc3-c3ccccc3-5)n2)cc1. The first-order valence-electron chi connectivity index (χ1n) is 14.6. The highest BCUT2D eigenvalue weighted by Gasteiger charge is 2.24. The van der Waals surface area contributed by atoms with E-state index in [0.29, 0.717) is 17.6 Å². The molecule has 1 aliphatic heterocycles. The average molecular weight is 565 g/mol. The van der Waals surface area contributed by atoms with Gasteiger partial charge in [0.15, 0.2) is 11.6 Å². The second-order valence-corrected chi connectivity index (χ2v) is 10.9. The highest BCUT2D eigenvalue weighted by atomic mass is 16.5. The Kier molecular flexibility index (Phi) is 5.43. The van der Waals surface area contributed by atoms with Crippen LogP contribution in [0.1, 0.15) is 0 Å². The summed E-state index contributed by atoms with van der Waals surface area (Å²) in [6.07, 6.45) is 0. The number of hydrogen-bond donors (Lipinski definition) is 0. The highest BCUT2D eigenvalue weighted by molar-refractivity contribution is 6.12. The lowest BCUT2D eigenvalue weighted by Gasteiger charge is -2.13. The number of hydrogen-bond acceptors (Lipinski definition) is 4. The van der Waals surface area contributed by atoms with E-state index >= 15 is 0 Å². The Hall–Kier alpha value is -6.07. The van der Waals surface area contributed by atoms with Crippen LogP contribution in [0, 0.1) is 0 Å². The standard InChI is InChI=1S/C39H24N4O/c1-3-13-25(14-4-1)37-40-38(26-15-5-2-6-16-26)42-39(41-37)43-33-21-11-9-19-29(33)31-23-32-28-18-8-7-17-27(28)30-20-10-12-22-35(30)44-36(32)24-34(31)43/h1-24H. The van der Waals surface area contributed by atoms with E-state index in [9.17, 15) is 0 Å². The molecule has 0 fully saturated rings. The topological polar surface area (TPSA) is 52.8 Å². The molecule has 0 aliphatic carbocycles. The Morgan fingerprint density at radius 1 is 0.409 bits per heavy atom. The predicted molar refractivity (Wildman–Crippen MR) is 176 cm³/mol. The Bertz CT molecular complexity index is 2300. The molecule has 0 unspecified atom stereocenters. The van der Waals surface area contributed by atoms with Crippen molar-refractivity contribution < 1.29 is 4.74 Å². The molecule has 0 radical (unpaired) electrons. The zero-order valence-corrected chi connectivity index (χ0v) is 23.6. The molecule has 0 spiro atoms. The van der Waals surface area contributed by atoms with Gasteiger partial charge >= 0.3 is 0 Å². The Balaban J connectivity index is 1.36. The summed E-state index contributed by atoms with van der Waals surface area (Å²) in [6, 6.07) is 49.7. The van der Waals surface area contributed by atoms with Crippen LogP contribution in [0.25, 0.3) is 72.8 Å². The Morgan fingerprint density at radius 2 is 0.977 bits per heavy atom. The molecule has 9 rings (SSSR count). The minimum Gasteiger partial charge on any atom is -0.456 e. The maximum Gasteiger partial charge on any atom is 0.238 e. The van der Waals surface area contributed by atoms with Crippen LogP contribution in [0.5, 0.6) is 11.5 Å². The van der Waals surface area contributed by atoms with Gasteiger partial charge in [0, 0.05) is 39.1 Å². The van der Waals surface area contributed by atoms with Crippen molar-refractivity contribution in [1.82, 2.24) is 19.5 Å². The Labute approximate surface area is 253 Å². The molecule has 0 saturated heterocycles. The number of aromatic nitrogens is 4. The third-order valence-corrected chi connectivity index (χ3v) is 8.28. The predicted octanol–water partition coefficient (Wildman–Crippen LogP) is 9.74. The second kappa shape index (κ2) is 9.75. The van der Waals surface area contributed by atoms with Crippen molar-refractivity contribution in [3.05, 3.63) is 146 Å². The zero-order valence-electron chi connectivity index (χ0n) is 23.6. The summed E-state index contributed by atoms with van der Waals surface area (Å²) in [7, 11) is 0. The van der Waals surface area contributed by atoms with Crippen molar-refractivity contribution >= 4 is 21.8 Å². The van der Waals surface area contributed by atoms with E-state index < -0.39 is 0 Å². The molecule has 5 heteroatoms. The van der Waals surface area contributed by atoms with Crippen LogP contribution >= 0.6 is 0 Å². The number of ether oxygens (including phenoxy) is 1. The molecule has 5 nitrogen and oxygen atoms in total. The third kappa shape index (κ3) is 3.83. The van der Waals surface area contributed by atoms with E-state index in [0.717, 1.165) is 66.7 Å². The number of rotatable bonds is 3. The molecule has 1 aliphatic rings. The van der Waals surface area contributed by atoms with Crippen molar-refractivity contribution in [3.63, 3.8) is 0 Å². The van der Waals surface area contributed by atoms with Gasteiger partial charge in [-0.15, -0.1) is 0 Å². The summed E-state index contributed by atoms with van der Waals surface area (Å²) in [5.41, 5.74) is 8.27. The minimum atomic E-state index is 0.554. The maximum atomic E-state index is 6.70. The van der Waals surface area contributed by atoms with Crippen molar-refractivity contribution in [2.45, 2.75) is 0 Å². The van der Waals surface area contributed by atoms with Gasteiger partial charge in [0.2, 0.25) is 5.95 Å². The molecule has 0 amide bonds. The van der Waals surface area contributed by atoms with E-state index in [-0.39, 0.29) is 0 Å². The van der Waals surface area contributed by atoms with Crippen LogP contribution in [0.2, 0.25) is 0 Å². The van der Waals surface area contributed by atoms with E-state index in [2.05, 4.69) is 77.4 Å². The molecule has 6 aromatic carbocycles. The first-order valence-corrected chi connectivity index (χ1v) is 14.6. The van der Waals surface area contributed by atoms with E-state index in [1.54, 1.807) is 0 Å². The highest BCUT2D eigenvalue weighted by Crippen LogP contribution is 2.49. The third-order valence-electron chi connectivity index (χ3n) is 8.28. The summed E-state index contributed by atoms with van der Waals surface area (Å²) in [5, 5.41) is 2.22. The quantitative estimate of drug-likeness (QED) is 0.214. The fourth-order valence-electron chi connectivity index (χ4n) is 6.25. The van der Waals surface area contributed by atoms with Gasteiger partial charge in [-0.1, -0.05) is 121 Å². The fourth-order valence-corrected chi connectivity index (χ4v) is 6.25. The van der Waals surface area contributed by atoms with E-state index in [1.165, 1.54) is 0 Å². The van der Waals surface area contributed by atoms with Crippen LogP contribution < -0.4 is 4.74 Å². The first-order chi connectivity index (χ1) is 21.8. The molecule has 44 heavy (non-hydrogen) atoms. The molecule has 2 aromatic heterocycles. The normalized spacial score (nSPS) is 11.8. The van der Waals surface area contributed by atoms with Gasteiger partial charge < -0.3 is 4.74 Å². The molecule has 3 heterocycles. The van der Waals surface area contributed by atoms with Crippen molar-refractivity contribution in [3.8, 4) is 62.5 Å². The van der Waals surface area contributed by atoms with Gasteiger partial charge in [0.05, 0.1) is 11.0 Å². The molecular formula is C39H24N4O. The van der Waals surface area contributed by atoms with Crippen LogP contribution in [-0.2, 0) is 0 Å². The lowest BCUT2D eigenvalue weighted by Crippen LogP contribution is -2.06. The summed E-state index contributed by atoms with van der Waals surface area (Å²) >= 11 is 0. The average Bonchev–Trinajstić information content (AvgIpc) is 3.34. The number of fused-ring (bicyclic) bond motifs is 8. The van der Waals surface area contributed by atoms with Crippen molar-refractivity contribution in [2.75, 3.05) is 0 Å². The fraction of sp³-hybridized carbons (Fsp3) is 0. The van der Waals surface area contributed by atoms with Crippen LogP contribution in [-0.4, -0.2) is 19.5 Å². The van der Waals surface area contributed by atoms with Crippen LogP contribution in [0.3, 0.4) is 0 Å².